The molecule has 1 aromatic carbocycles. The van der Waals surface area contributed by atoms with Gasteiger partial charge in [-0.3, -0.25) is 14.9 Å². The zero-order valence-electron chi connectivity index (χ0n) is 9.05. The van der Waals surface area contributed by atoms with E-state index < -0.39 is 4.92 Å². The molecule has 4 nitrogen and oxygen atoms in total. The van der Waals surface area contributed by atoms with E-state index in [2.05, 4.69) is 0 Å². The highest BCUT2D eigenvalue weighted by molar-refractivity contribution is 5.84. The number of nitro groups is 1. The Balaban J connectivity index is 2.15. The Hall–Kier alpha value is -1.71. The number of benzene rings is 1. The first kappa shape index (κ1) is 10.8. The van der Waals surface area contributed by atoms with Crippen molar-refractivity contribution in [1.82, 2.24) is 0 Å². The summed E-state index contributed by atoms with van der Waals surface area (Å²) in [6.07, 6.45) is 1.39. The molecule has 0 bridgehead atoms. The van der Waals surface area contributed by atoms with Gasteiger partial charge in [-0.15, -0.1) is 0 Å². The maximum atomic E-state index is 11.4. The highest BCUT2D eigenvalue weighted by atomic mass is 16.6. The van der Waals surface area contributed by atoms with Crippen LogP contribution in [-0.2, 0) is 4.79 Å². The van der Waals surface area contributed by atoms with E-state index in [4.69, 9.17) is 0 Å². The molecule has 1 aliphatic carbocycles. The molecule has 0 heterocycles. The zero-order valence-corrected chi connectivity index (χ0v) is 9.05. The van der Waals surface area contributed by atoms with Crippen molar-refractivity contribution in [2.75, 3.05) is 0 Å². The number of ketones is 1. The normalized spacial score (nSPS) is 22.8. The van der Waals surface area contributed by atoms with E-state index in [-0.39, 0.29) is 23.3 Å². The third-order valence-corrected chi connectivity index (χ3v) is 3.06. The van der Waals surface area contributed by atoms with Gasteiger partial charge in [-0.25, -0.2) is 0 Å². The first-order valence-corrected chi connectivity index (χ1v) is 5.40. The molecule has 1 saturated carbocycles. The van der Waals surface area contributed by atoms with E-state index in [1.54, 1.807) is 12.1 Å². The van der Waals surface area contributed by atoms with Gasteiger partial charge in [-0.1, -0.05) is 19.1 Å². The predicted octanol–water partition coefficient (Wildman–Crippen LogP) is 2.68. The summed E-state index contributed by atoms with van der Waals surface area (Å²) in [5.74, 6) is 0.552. The Labute approximate surface area is 93.4 Å². The molecule has 0 spiro atoms. The summed E-state index contributed by atoms with van der Waals surface area (Å²) in [6.45, 7) is 1.85. The summed E-state index contributed by atoms with van der Waals surface area (Å²) in [5.41, 5.74) is 1.02. The van der Waals surface area contributed by atoms with Gasteiger partial charge in [0, 0.05) is 24.5 Å². The molecular weight excluding hydrogens is 206 g/mol. The van der Waals surface area contributed by atoms with Crippen molar-refractivity contribution < 1.29 is 9.72 Å². The fourth-order valence-electron chi connectivity index (χ4n) is 2.05. The summed E-state index contributed by atoms with van der Waals surface area (Å²) in [4.78, 5) is 21.6. The number of nitrogens with zero attached hydrogens (tertiary/aromatic N) is 1. The summed E-state index contributed by atoms with van der Waals surface area (Å²) in [5, 5.41) is 10.6. The van der Waals surface area contributed by atoms with E-state index in [0.717, 1.165) is 12.0 Å². The van der Waals surface area contributed by atoms with E-state index in [9.17, 15) is 14.9 Å². The fourth-order valence-corrected chi connectivity index (χ4v) is 2.05. The van der Waals surface area contributed by atoms with Gasteiger partial charge in [0.1, 0.15) is 5.78 Å². The molecule has 2 unspecified atom stereocenters. The van der Waals surface area contributed by atoms with Crippen LogP contribution in [-0.4, -0.2) is 10.7 Å². The standard InChI is InChI=1S/C12H13NO3/c1-2-12(14)11-7-10(11)8-4-3-5-9(6-8)13(15)16/h3-6,10-11H,2,7H2,1H3. The molecule has 16 heavy (non-hydrogen) atoms. The van der Waals surface area contributed by atoms with Crippen LogP contribution in [0.2, 0.25) is 0 Å². The van der Waals surface area contributed by atoms with Crippen LogP contribution >= 0.6 is 0 Å². The number of Topliss-reactive ketones (excluding diaryl/α,β-unsaturated/α-hetero) is 1. The Morgan fingerprint density at radius 2 is 2.31 bits per heavy atom. The van der Waals surface area contributed by atoms with Crippen LogP contribution in [0.1, 0.15) is 31.2 Å². The number of rotatable bonds is 4. The lowest BCUT2D eigenvalue weighted by atomic mass is 10.1. The maximum absolute atomic E-state index is 11.4. The Kier molecular flexibility index (Phi) is 2.73. The lowest BCUT2D eigenvalue weighted by Crippen LogP contribution is -1.99. The van der Waals surface area contributed by atoms with Gasteiger partial charge in [-0.05, 0) is 17.9 Å². The van der Waals surface area contributed by atoms with E-state index in [1.807, 2.05) is 13.0 Å². The van der Waals surface area contributed by atoms with Crippen molar-refractivity contribution in [3.63, 3.8) is 0 Å². The molecule has 0 radical (unpaired) electrons. The third-order valence-electron chi connectivity index (χ3n) is 3.06. The van der Waals surface area contributed by atoms with Gasteiger partial charge in [-0.2, -0.15) is 0 Å². The fraction of sp³-hybridized carbons (Fsp3) is 0.417. The smallest absolute Gasteiger partial charge is 0.269 e. The molecule has 0 saturated heterocycles. The molecule has 2 rings (SSSR count). The molecule has 0 amide bonds. The van der Waals surface area contributed by atoms with Gasteiger partial charge in [0.25, 0.3) is 5.69 Å². The minimum atomic E-state index is -0.400. The summed E-state index contributed by atoms with van der Waals surface area (Å²) in [7, 11) is 0. The number of non-ortho nitro benzene ring substituents is 1. The molecule has 0 aromatic heterocycles. The highest BCUT2D eigenvalue weighted by Crippen LogP contribution is 2.48. The second-order valence-electron chi connectivity index (χ2n) is 4.12. The summed E-state index contributed by atoms with van der Waals surface area (Å²) in [6, 6.07) is 6.59. The van der Waals surface area contributed by atoms with Crippen LogP contribution in [0.3, 0.4) is 0 Å². The van der Waals surface area contributed by atoms with Crippen LogP contribution in [0.5, 0.6) is 0 Å². The van der Waals surface area contributed by atoms with Gasteiger partial charge < -0.3 is 0 Å². The van der Waals surface area contributed by atoms with Crippen molar-refractivity contribution in [3.05, 3.63) is 39.9 Å². The van der Waals surface area contributed by atoms with E-state index >= 15 is 0 Å². The first-order valence-electron chi connectivity index (χ1n) is 5.40. The third kappa shape index (κ3) is 1.96. The van der Waals surface area contributed by atoms with Crippen LogP contribution in [0, 0.1) is 16.0 Å². The molecular formula is C12H13NO3. The quantitative estimate of drug-likeness (QED) is 0.577. The molecule has 1 fully saturated rings. The average Bonchev–Trinajstić information content (AvgIpc) is 3.08. The Morgan fingerprint density at radius 1 is 1.56 bits per heavy atom. The van der Waals surface area contributed by atoms with Crippen molar-refractivity contribution >= 4 is 11.5 Å². The second-order valence-corrected chi connectivity index (χ2v) is 4.12. The predicted molar refractivity (Wildman–Crippen MR) is 59.2 cm³/mol. The largest absolute Gasteiger partial charge is 0.299 e. The van der Waals surface area contributed by atoms with Gasteiger partial charge >= 0.3 is 0 Å². The van der Waals surface area contributed by atoms with Crippen molar-refractivity contribution in [2.45, 2.75) is 25.7 Å². The van der Waals surface area contributed by atoms with Crippen LogP contribution in [0.15, 0.2) is 24.3 Å². The lowest BCUT2D eigenvalue weighted by molar-refractivity contribution is -0.384. The van der Waals surface area contributed by atoms with Crippen LogP contribution in [0.25, 0.3) is 0 Å². The maximum Gasteiger partial charge on any atom is 0.269 e. The molecule has 4 heteroatoms. The van der Waals surface area contributed by atoms with Gasteiger partial charge in [0.15, 0.2) is 0 Å². The van der Waals surface area contributed by atoms with Gasteiger partial charge in [0.05, 0.1) is 4.92 Å². The summed E-state index contributed by atoms with van der Waals surface area (Å²) >= 11 is 0. The van der Waals surface area contributed by atoms with Crippen molar-refractivity contribution in [3.8, 4) is 0 Å². The monoisotopic (exact) mass is 219 g/mol. The number of hydrogen-bond donors (Lipinski definition) is 0. The SMILES string of the molecule is CCC(=O)C1CC1c1cccc([N+](=O)[O-])c1. The zero-order chi connectivity index (χ0) is 11.7. The van der Waals surface area contributed by atoms with Crippen LogP contribution in [0.4, 0.5) is 5.69 Å². The molecule has 1 aliphatic rings. The Morgan fingerprint density at radius 3 is 2.94 bits per heavy atom. The van der Waals surface area contributed by atoms with E-state index in [1.165, 1.54) is 6.07 Å². The minimum Gasteiger partial charge on any atom is -0.299 e. The number of nitro benzene ring substituents is 1. The van der Waals surface area contributed by atoms with Gasteiger partial charge in [0.2, 0.25) is 0 Å². The molecule has 1 aromatic rings. The molecule has 0 aliphatic heterocycles. The topological polar surface area (TPSA) is 60.2 Å². The minimum absolute atomic E-state index is 0.0898. The summed E-state index contributed by atoms with van der Waals surface area (Å²) < 4.78 is 0. The Bertz CT molecular complexity index is 442. The van der Waals surface area contributed by atoms with E-state index in [0.29, 0.717) is 6.42 Å². The van der Waals surface area contributed by atoms with Crippen LogP contribution < -0.4 is 0 Å². The molecule has 84 valence electrons. The number of hydrogen-bond acceptors (Lipinski definition) is 3. The highest BCUT2D eigenvalue weighted by Gasteiger charge is 2.42. The first-order chi connectivity index (χ1) is 7.63. The molecule has 2 atom stereocenters. The number of carbonyl (C=O) groups excluding carboxylic acids is 1. The lowest BCUT2D eigenvalue weighted by Gasteiger charge is -1.99. The average molecular weight is 219 g/mol. The second kappa shape index (κ2) is 4.04. The number of carbonyl (C=O) groups is 1. The van der Waals surface area contributed by atoms with Crippen molar-refractivity contribution in [1.29, 1.82) is 0 Å². The van der Waals surface area contributed by atoms with Crippen molar-refractivity contribution in [2.24, 2.45) is 5.92 Å². The molecule has 0 N–H and O–H groups in total.